The zero-order chi connectivity index (χ0) is 19.1. The largest absolute Gasteiger partial charge is 0.457 e. The number of carbonyl (C=O) groups excluding carboxylic acids is 1. The Morgan fingerprint density at radius 3 is 2.59 bits per heavy atom. The van der Waals surface area contributed by atoms with Gasteiger partial charge >= 0.3 is 6.03 Å². The zero-order valence-corrected chi connectivity index (χ0v) is 15.1. The molecule has 0 aliphatic carbocycles. The number of nitrogens with zero attached hydrogens (tertiary/aromatic N) is 1. The van der Waals surface area contributed by atoms with Gasteiger partial charge in [-0.3, -0.25) is 0 Å². The summed E-state index contributed by atoms with van der Waals surface area (Å²) >= 11 is 5.95. The van der Waals surface area contributed by atoms with E-state index in [-0.39, 0.29) is 6.03 Å². The topological polar surface area (TPSA) is 91.2 Å². The molecule has 0 spiro atoms. The number of hydrogen-bond donors (Lipinski definition) is 3. The van der Waals surface area contributed by atoms with Crippen molar-refractivity contribution < 1.29 is 14.8 Å². The fraction of sp³-hybridized carbons (Fsp3) is 0.0500. The smallest absolute Gasteiger partial charge is 0.418 e. The third-order valence-corrected chi connectivity index (χ3v) is 3.98. The second kappa shape index (κ2) is 8.93. The number of primary amides is 1. The first-order valence-electron chi connectivity index (χ1n) is 8.25. The second-order valence-electron chi connectivity index (χ2n) is 5.74. The third-order valence-electron chi connectivity index (χ3n) is 3.74. The van der Waals surface area contributed by atoms with Crippen LogP contribution in [-0.2, 0) is 6.54 Å². The normalized spacial score (nSPS) is 10.3. The van der Waals surface area contributed by atoms with Crippen molar-refractivity contribution >= 4 is 29.0 Å². The molecule has 0 fully saturated rings. The van der Waals surface area contributed by atoms with E-state index >= 15 is 0 Å². The Kier molecular flexibility index (Phi) is 6.14. The SMILES string of the molecule is N=Nc1ccc(Oc2ccccc2)cc1[NH2+]C(=O)NCc1cccc(Cl)c1. The minimum Gasteiger partial charge on any atom is -0.457 e. The molecule has 0 aliphatic heterocycles. The molecule has 4 N–H and O–H groups in total. The van der Waals surface area contributed by atoms with E-state index in [0.717, 1.165) is 5.56 Å². The number of hydrogen-bond acceptors (Lipinski definition) is 4. The maximum absolute atomic E-state index is 12.3. The summed E-state index contributed by atoms with van der Waals surface area (Å²) in [6.07, 6.45) is 0. The lowest BCUT2D eigenvalue weighted by Gasteiger charge is -2.08. The molecular formula is C20H18ClN4O2+. The molecule has 0 unspecified atom stereocenters. The third kappa shape index (κ3) is 5.37. The fourth-order valence-corrected chi connectivity index (χ4v) is 2.68. The summed E-state index contributed by atoms with van der Waals surface area (Å²) < 4.78 is 5.77. The van der Waals surface area contributed by atoms with Gasteiger partial charge in [-0.15, -0.1) is 0 Å². The lowest BCUT2D eigenvalue weighted by Crippen LogP contribution is -2.85. The molecule has 0 heterocycles. The van der Waals surface area contributed by atoms with Gasteiger partial charge in [0, 0.05) is 17.6 Å². The van der Waals surface area contributed by atoms with Gasteiger partial charge in [0.15, 0.2) is 5.69 Å². The highest BCUT2D eigenvalue weighted by molar-refractivity contribution is 6.30. The zero-order valence-electron chi connectivity index (χ0n) is 14.4. The summed E-state index contributed by atoms with van der Waals surface area (Å²) in [4.78, 5) is 12.3. The van der Waals surface area contributed by atoms with Crippen LogP contribution in [0.3, 0.4) is 0 Å². The number of nitrogens with two attached hydrogens (primary N) is 1. The molecule has 0 aromatic heterocycles. The van der Waals surface area contributed by atoms with Gasteiger partial charge in [0.1, 0.15) is 17.2 Å². The predicted molar refractivity (Wildman–Crippen MR) is 103 cm³/mol. The number of ether oxygens (including phenoxy) is 1. The van der Waals surface area contributed by atoms with Gasteiger partial charge in [-0.2, -0.15) is 5.11 Å². The van der Waals surface area contributed by atoms with Crippen molar-refractivity contribution in [3.05, 3.63) is 83.4 Å². The van der Waals surface area contributed by atoms with Crippen LogP contribution in [-0.4, -0.2) is 6.03 Å². The Labute approximate surface area is 161 Å². The van der Waals surface area contributed by atoms with Crippen LogP contribution in [0.1, 0.15) is 5.56 Å². The Bertz CT molecular complexity index is 948. The van der Waals surface area contributed by atoms with Crippen LogP contribution in [0.15, 0.2) is 77.9 Å². The minimum absolute atomic E-state index is 0.295. The Morgan fingerprint density at radius 1 is 1.04 bits per heavy atom. The number of rotatable bonds is 6. The van der Waals surface area contributed by atoms with Crippen LogP contribution in [0.25, 0.3) is 0 Å². The van der Waals surface area contributed by atoms with E-state index in [9.17, 15) is 4.79 Å². The molecule has 7 heteroatoms. The Balaban J connectivity index is 1.67. The molecule has 2 amide bonds. The van der Waals surface area contributed by atoms with Crippen LogP contribution >= 0.6 is 11.6 Å². The van der Waals surface area contributed by atoms with E-state index in [1.54, 1.807) is 30.3 Å². The van der Waals surface area contributed by atoms with Crippen LogP contribution < -0.4 is 15.4 Å². The quantitative estimate of drug-likeness (QED) is 0.418. The van der Waals surface area contributed by atoms with Crippen LogP contribution in [0.2, 0.25) is 5.02 Å². The highest BCUT2D eigenvalue weighted by Gasteiger charge is 2.14. The second-order valence-corrected chi connectivity index (χ2v) is 6.18. The van der Waals surface area contributed by atoms with Gasteiger partial charge in [0.2, 0.25) is 0 Å². The summed E-state index contributed by atoms with van der Waals surface area (Å²) in [7, 11) is 0. The molecule has 136 valence electrons. The van der Waals surface area contributed by atoms with Crippen molar-refractivity contribution in [2.75, 3.05) is 0 Å². The highest BCUT2D eigenvalue weighted by atomic mass is 35.5. The molecule has 0 bridgehead atoms. The number of amides is 2. The maximum atomic E-state index is 12.3. The van der Waals surface area contributed by atoms with Crippen LogP contribution in [0.5, 0.6) is 11.5 Å². The van der Waals surface area contributed by atoms with Crippen molar-refractivity contribution in [3.8, 4) is 11.5 Å². The summed E-state index contributed by atoms with van der Waals surface area (Å²) in [6.45, 7) is 0.351. The van der Waals surface area contributed by atoms with E-state index < -0.39 is 0 Å². The van der Waals surface area contributed by atoms with Crippen molar-refractivity contribution in [3.63, 3.8) is 0 Å². The van der Waals surface area contributed by atoms with Crippen LogP contribution in [0, 0.1) is 5.53 Å². The summed E-state index contributed by atoms with van der Waals surface area (Å²) in [5.74, 6) is 1.24. The van der Waals surface area contributed by atoms with Gasteiger partial charge in [0.05, 0.1) is 0 Å². The fourth-order valence-electron chi connectivity index (χ4n) is 2.47. The summed E-state index contributed by atoms with van der Waals surface area (Å²) in [5, 5.41) is 8.28. The van der Waals surface area contributed by atoms with Crippen molar-refractivity contribution in [1.82, 2.24) is 5.32 Å². The first-order chi connectivity index (χ1) is 13.1. The van der Waals surface area contributed by atoms with Crippen LogP contribution in [0.4, 0.5) is 16.2 Å². The van der Waals surface area contributed by atoms with Gasteiger partial charge in [-0.1, -0.05) is 41.9 Å². The molecule has 3 rings (SSSR count). The lowest BCUT2D eigenvalue weighted by atomic mass is 10.2. The molecule has 0 saturated carbocycles. The number of carbonyl (C=O) groups is 1. The van der Waals surface area contributed by atoms with Crippen molar-refractivity contribution in [1.29, 1.82) is 5.53 Å². The number of quaternary nitrogens is 1. The molecule has 0 atom stereocenters. The monoisotopic (exact) mass is 381 g/mol. The Morgan fingerprint density at radius 2 is 1.85 bits per heavy atom. The number of para-hydroxylation sites is 1. The number of urea groups is 1. The number of nitrogens with one attached hydrogen (secondary N) is 2. The maximum Gasteiger partial charge on any atom is 0.418 e. The van der Waals surface area contributed by atoms with Gasteiger partial charge in [-0.05, 0) is 42.0 Å². The summed E-state index contributed by atoms with van der Waals surface area (Å²) in [5.41, 5.74) is 9.08. The van der Waals surface area contributed by atoms with E-state index in [4.69, 9.17) is 21.9 Å². The molecule has 0 aliphatic rings. The molecule has 3 aromatic rings. The first kappa shape index (κ1) is 18.6. The van der Waals surface area contributed by atoms with E-state index in [1.165, 1.54) is 5.32 Å². The Hall–Kier alpha value is -3.22. The van der Waals surface area contributed by atoms with Gasteiger partial charge in [-0.25, -0.2) is 15.6 Å². The number of benzene rings is 3. The molecule has 27 heavy (non-hydrogen) atoms. The predicted octanol–water partition coefficient (Wildman–Crippen LogP) is 4.90. The summed E-state index contributed by atoms with van der Waals surface area (Å²) in [6, 6.07) is 21.3. The van der Waals surface area contributed by atoms with Gasteiger partial charge < -0.3 is 10.1 Å². The van der Waals surface area contributed by atoms with Crippen molar-refractivity contribution in [2.24, 2.45) is 5.11 Å². The molecule has 0 radical (unpaired) electrons. The van der Waals surface area contributed by atoms with E-state index in [1.807, 2.05) is 42.5 Å². The van der Waals surface area contributed by atoms with E-state index in [0.29, 0.717) is 34.4 Å². The average molecular weight is 382 g/mol. The minimum atomic E-state index is -0.295. The first-order valence-corrected chi connectivity index (χ1v) is 8.63. The average Bonchev–Trinajstić information content (AvgIpc) is 2.68. The molecule has 3 aromatic carbocycles. The highest BCUT2D eigenvalue weighted by Crippen LogP contribution is 2.28. The lowest BCUT2D eigenvalue weighted by molar-refractivity contribution is -0.464. The molecular weight excluding hydrogens is 364 g/mol. The molecule has 0 saturated heterocycles. The molecule has 6 nitrogen and oxygen atoms in total. The number of halogens is 1. The standard InChI is InChI=1S/C20H17ClN4O2/c21-15-6-4-5-14(11-15)13-23-20(26)24-19-12-17(9-10-18(19)25-22)27-16-7-2-1-3-8-16/h1-12,22H,13H2,(H2,23,24,26)/p+1. The van der Waals surface area contributed by atoms with E-state index in [2.05, 4.69) is 10.4 Å². The van der Waals surface area contributed by atoms with Crippen molar-refractivity contribution in [2.45, 2.75) is 6.54 Å². The van der Waals surface area contributed by atoms with Gasteiger partial charge in [0.25, 0.3) is 0 Å².